The molecular weight excluding hydrogens is 417 g/mol. The quantitative estimate of drug-likeness (QED) is 0.675. The van der Waals surface area contributed by atoms with Crippen LogP contribution in [0.4, 0.5) is 10.1 Å². The number of hydrogen-bond donors (Lipinski definition) is 1. The van der Waals surface area contributed by atoms with E-state index in [4.69, 9.17) is 0 Å². The highest BCUT2D eigenvalue weighted by Crippen LogP contribution is 2.23. The first-order chi connectivity index (χ1) is 14.7. The molecule has 6 nitrogen and oxygen atoms in total. The summed E-state index contributed by atoms with van der Waals surface area (Å²) in [4.78, 5) is 14.8. The molecule has 2 aromatic rings. The fraction of sp³-hybridized carbons (Fsp3) is 0.435. The van der Waals surface area contributed by atoms with Gasteiger partial charge in [0.15, 0.2) is 0 Å². The molecule has 168 valence electrons. The molecule has 1 fully saturated rings. The molecule has 0 radical (unpaired) electrons. The molecule has 2 aromatic carbocycles. The Morgan fingerprint density at radius 3 is 2.39 bits per heavy atom. The summed E-state index contributed by atoms with van der Waals surface area (Å²) in [6.07, 6.45) is 4.36. The van der Waals surface area contributed by atoms with E-state index in [0.29, 0.717) is 23.7 Å². The molecule has 1 amide bonds. The largest absolute Gasteiger partial charge is 0.352 e. The Morgan fingerprint density at radius 1 is 1.13 bits per heavy atom. The minimum absolute atomic E-state index is 0.117. The van der Waals surface area contributed by atoms with E-state index in [1.54, 1.807) is 42.5 Å². The molecule has 1 heterocycles. The molecule has 1 aliphatic heterocycles. The number of halogens is 1. The van der Waals surface area contributed by atoms with Crippen molar-refractivity contribution in [1.29, 1.82) is 0 Å². The summed E-state index contributed by atoms with van der Waals surface area (Å²) in [5.74, 6) is -0.00294. The van der Waals surface area contributed by atoms with Crippen molar-refractivity contribution in [2.45, 2.75) is 25.8 Å². The second-order valence-corrected chi connectivity index (χ2v) is 10.1. The SMILES string of the molecule is CN1CCC(CCNC(=O)c2ccc(N(Cc3ccccc3F)S(C)(=O)=O)cc2)CC1. The van der Waals surface area contributed by atoms with Gasteiger partial charge >= 0.3 is 0 Å². The van der Waals surface area contributed by atoms with E-state index in [-0.39, 0.29) is 18.0 Å². The highest BCUT2D eigenvalue weighted by Gasteiger charge is 2.20. The van der Waals surface area contributed by atoms with E-state index in [1.165, 1.54) is 6.07 Å². The highest BCUT2D eigenvalue weighted by atomic mass is 32.2. The van der Waals surface area contributed by atoms with Crippen molar-refractivity contribution in [3.8, 4) is 0 Å². The molecule has 0 bridgehead atoms. The normalized spacial score (nSPS) is 15.6. The van der Waals surface area contributed by atoms with Gasteiger partial charge in [0.05, 0.1) is 18.5 Å². The van der Waals surface area contributed by atoms with E-state index in [0.717, 1.165) is 42.9 Å². The first-order valence-corrected chi connectivity index (χ1v) is 12.4. The summed E-state index contributed by atoms with van der Waals surface area (Å²) in [5, 5.41) is 2.95. The van der Waals surface area contributed by atoms with E-state index in [2.05, 4.69) is 17.3 Å². The molecule has 1 saturated heterocycles. The Hall–Kier alpha value is -2.45. The number of amides is 1. The predicted molar refractivity (Wildman–Crippen MR) is 121 cm³/mol. The van der Waals surface area contributed by atoms with Crippen LogP contribution in [-0.4, -0.2) is 52.2 Å². The number of carbonyl (C=O) groups is 1. The topological polar surface area (TPSA) is 69.7 Å². The Balaban J connectivity index is 1.61. The predicted octanol–water partition coefficient (Wildman–Crippen LogP) is 3.25. The van der Waals surface area contributed by atoms with Crippen LogP contribution in [0.2, 0.25) is 0 Å². The van der Waals surface area contributed by atoms with Gasteiger partial charge in [-0.3, -0.25) is 9.10 Å². The minimum atomic E-state index is -3.63. The van der Waals surface area contributed by atoms with Crippen LogP contribution in [0.1, 0.15) is 35.2 Å². The summed E-state index contributed by atoms with van der Waals surface area (Å²) in [6, 6.07) is 12.4. The second-order valence-electron chi connectivity index (χ2n) is 8.20. The lowest BCUT2D eigenvalue weighted by Crippen LogP contribution is -2.32. The Labute approximate surface area is 184 Å². The van der Waals surface area contributed by atoms with E-state index in [1.807, 2.05) is 0 Å². The molecule has 31 heavy (non-hydrogen) atoms. The molecule has 8 heteroatoms. The monoisotopic (exact) mass is 447 g/mol. The maximum Gasteiger partial charge on any atom is 0.251 e. The van der Waals surface area contributed by atoms with Gasteiger partial charge in [0, 0.05) is 17.7 Å². The molecule has 0 atom stereocenters. The lowest BCUT2D eigenvalue weighted by molar-refractivity contribution is 0.0949. The number of nitrogens with one attached hydrogen (secondary N) is 1. The summed E-state index contributed by atoms with van der Waals surface area (Å²) >= 11 is 0. The molecule has 0 aliphatic carbocycles. The summed E-state index contributed by atoms with van der Waals surface area (Å²) < 4.78 is 39.8. The Morgan fingerprint density at radius 2 is 1.77 bits per heavy atom. The van der Waals surface area contributed by atoms with Crippen molar-refractivity contribution in [3.63, 3.8) is 0 Å². The van der Waals surface area contributed by atoms with Gasteiger partial charge in [-0.2, -0.15) is 0 Å². The number of benzene rings is 2. The van der Waals surface area contributed by atoms with Gasteiger partial charge in [-0.1, -0.05) is 18.2 Å². The highest BCUT2D eigenvalue weighted by molar-refractivity contribution is 7.92. The number of likely N-dealkylation sites (tertiary alicyclic amines) is 1. The van der Waals surface area contributed by atoms with Gasteiger partial charge < -0.3 is 10.2 Å². The zero-order valence-corrected chi connectivity index (χ0v) is 18.9. The molecule has 0 aromatic heterocycles. The molecule has 0 saturated carbocycles. The van der Waals surface area contributed by atoms with Gasteiger partial charge in [0.25, 0.3) is 5.91 Å². The number of nitrogens with zero attached hydrogens (tertiary/aromatic N) is 2. The van der Waals surface area contributed by atoms with Crippen molar-refractivity contribution >= 4 is 21.6 Å². The zero-order valence-electron chi connectivity index (χ0n) is 18.1. The van der Waals surface area contributed by atoms with Crippen LogP contribution < -0.4 is 9.62 Å². The molecule has 3 rings (SSSR count). The third-order valence-electron chi connectivity index (χ3n) is 5.77. The van der Waals surface area contributed by atoms with Gasteiger partial charge in [-0.15, -0.1) is 0 Å². The lowest BCUT2D eigenvalue weighted by atomic mass is 9.94. The maximum absolute atomic E-state index is 14.0. The van der Waals surface area contributed by atoms with Gasteiger partial charge in [0.1, 0.15) is 5.82 Å². The van der Waals surface area contributed by atoms with Crippen molar-refractivity contribution in [2.75, 3.05) is 37.2 Å². The number of carbonyl (C=O) groups excluding carboxylic acids is 1. The molecule has 1 N–H and O–H groups in total. The summed E-state index contributed by atoms with van der Waals surface area (Å²) in [6.45, 7) is 2.71. The third kappa shape index (κ3) is 6.51. The van der Waals surface area contributed by atoms with Crippen LogP contribution in [0.3, 0.4) is 0 Å². The molecule has 0 unspecified atom stereocenters. The molecule has 0 spiro atoms. The van der Waals surface area contributed by atoms with Gasteiger partial charge in [-0.25, -0.2) is 12.8 Å². The van der Waals surface area contributed by atoms with Crippen molar-refractivity contribution in [2.24, 2.45) is 5.92 Å². The number of anilines is 1. The number of sulfonamides is 1. The van der Waals surface area contributed by atoms with Crippen LogP contribution in [-0.2, 0) is 16.6 Å². The van der Waals surface area contributed by atoms with Crippen molar-refractivity contribution in [3.05, 3.63) is 65.5 Å². The zero-order chi connectivity index (χ0) is 22.4. The Kier molecular flexibility index (Phi) is 7.67. The van der Waals surface area contributed by atoms with Crippen LogP contribution in [0.5, 0.6) is 0 Å². The number of hydrogen-bond acceptors (Lipinski definition) is 4. The van der Waals surface area contributed by atoms with E-state index in [9.17, 15) is 17.6 Å². The Bertz CT molecular complexity index is 987. The van der Waals surface area contributed by atoms with Crippen molar-refractivity contribution < 1.29 is 17.6 Å². The summed E-state index contributed by atoms with van der Waals surface area (Å²) in [7, 11) is -1.51. The fourth-order valence-corrected chi connectivity index (χ4v) is 4.68. The average Bonchev–Trinajstić information content (AvgIpc) is 2.74. The van der Waals surface area contributed by atoms with Gasteiger partial charge in [-0.05, 0) is 75.6 Å². The second kappa shape index (κ2) is 10.2. The lowest BCUT2D eigenvalue weighted by Gasteiger charge is -2.28. The first-order valence-electron chi connectivity index (χ1n) is 10.5. The van der Waals surface area contributed by atoms with Crippen LogP contribution in [0.25, 0.3) is 0 Å². The van der Waals surface area contributed by atoms with Crippen LogP contribution >= 0.6 is 0 Å². The van der Waals surface area contributed by atoms with E-state index >= 15 is 0 Å². The van der Waals surface area contributed by atoms with Gasteiger partial charge in [0.2, 0.25) is 10.0 Å². The average molecular weight is 448 g/mol. The minimum Gasteiger partial charge on any atom is -0.352 e. The smallest absolute Gasteiger partial charge is 0.251 e. The maximum atomic E-state index is 14.0. The molecular formula is C23H30FN3O3S. The summed E-state index contributed by atoms with van der Waals surface area (Å²) in [5.41, 5.74) is 1.13. The van der Waals surface area contributed by atoms with Crippen LogP contribution in [0, 0.1) is 11.7 Å². The van der Waals surface area contributed by atoms with Crippen molar-refractivity contribution in [1.82, 2.24) is 10.2 Å². The number of piperidine rings is 1. The standard InChI is InChI=1S/C23H30FN3O3S/c1-26-15-12-18(13-16-26)11-14-25-23(28)19-7-9-21(10-8-19)27(31(2,29)30)17-20-5-3-4-6-22(20)24/h3-10,18H,11-17H2,1-2H3,(H,25,28). The number of rotatable bonds is 8. The van der Waals surface area contributed by atoms with E-state index < -0.39 is 15.8 Å². The third-order valence-corrected chi connectivity index (χ3v) is 6.91. The first kappa shape index (κ1) is 23.2. The van der Waals surface area contributed by atoms with Crippen LogP contribution in [0.15, 0.2) is 48.5 Å². The molecule has 1 aliphatic rings. The fourth-order valence-electron chi connectivity index (χ4n) is 3.80.